The number of hydrogen-bond donors (Lipinski definition) is 1. The van der Waals surface area contributed by atoms with Crippen LogP contribution in [0.5, 0.6) is 0 Å². The summed E-state index contributed by atoms with van der Waals surface area (Å²) in [4.78, 5) is 29.1. The molecule has 2 N–H and O–H groups in total. The zero-order valence-electron chi connectivity index (χ0n) is 11.7. The molecule has 2 aromatic rings. The summed E-state index contributed by atoms with van der Waals surface area (Å²) in [6, 6.07) is -0.0751. The van der Waals surface area contributed by atoms with E-state index >= 15 is 0 Å². The van der Waals surface area contributed by atoms with Gasteiger partial charge in [0.25, 0.3) is 5.56 Å². The Labute approximate surface area is 110 Å². The second-order valence-electron chi connectivity index (χ2n) is 4.88. The van der Waals surface area contributed by atoms with Gasteiger partial charge in [0.1, 0.15) is 5.82 Å². The number of aromatic nitrogens is 4. The largest absolute Gasteiger partial charge is 0.333 e. The van der Waals surface area contributed by atoms with Crippen LogP contribution in [0.1, 0.15) is 25.7 Å². The number of hydrogen-bond acceptors (Lipinski definition) is 4. The molecule has 0 fully saturated rings. The SMILES string of the molecule is Cc1nc2c(c(=O)n(CCN)c(=O)n2C(C)C)n1C. The highest BCUT2D eigenvalue weighted by atomic mass is 16.2. The molecule has 0 saturated heterocycles. The normalized spacial score (nSPS) is 11.7. The molecule has 0 aromatic carbocycles. The predicted molar refractivity (Wildman–Crippen MR) is 73.4 cm³/mol. The molecular weight excluding hydrogens is 246 g/mol. The molecule has 2 heterocycles. The number of nitrogens with zero attached hydrogens (tertiary/aromatic N) is 4. The van der Waals surface area contributed by atoms with E-state index < -0.39 is 0 Å². The lowest BCUT2D eigenvalue weighted by Crippen LogP contribution is -2.42. The van der Waals surface area contributed by atoms with Crippen molar-refractivity contribution in [3.8, 4) is 0 Å². The van der Waals surface area contributed by atoms with E-state index in [4.69, 9.17) is 5.73 Å². The molecule has 0 saturated carbocycles. The lowest BCUT2D eigenvalue weighted by atomic mass is 10.3. The van der Waals surface area contributed by atoms with Crippen LogP contribution >= 0.6 is 0 Å². The van der Waals surface area contributed by atoms with E-state index in [1.807, 2.05) is 20.8 Å². The van der Waals surface area contributed by atoms with E-state index in [9.17, 15) is 9.59 Å². The maximum absolute atomic E-state index is 12.4. The fourth-order valence-electron chi connectivity index (χ4n) is 2.23. The molecule has 0 aliphatic heterocycles. The molecule has 0 aliphatic rings. The summed E-state index contributed by atoms with van der Waals surface area (Å²) in [5.74, 6) is 0.700. The highest BCUT2D eigenvalue weighted by molar-refractivity contribution is 5.71. The summed E-state index contributed by atoms with van der Waals surface area (Å²) in [6.45, 7) is 6.05. The van der Waals surface area contributed by atoms with Gasteiger partial charge in [0.15, 0.2) is 11.2 Å². The van der Waals surface area contributed by atoms with Gasteiger partial charge in [0.2, 0.25) is 0 Å². The molecule has 7 heteroatoms. The van der Waals surface area contributed by atoms with Crippen LogP contribution in [0.15, 0.2) is 9.59 Å². The third-order valence-electron chi connectivity index (χ3n) is 3.28. The molecule has 0 aliphatic carbocycles. The van der Waals surface area contributed by atoms with Crippen LogP contribution in [0.3, 0.4) is 0 Å². The topological polar surface area (TPSA) is 87.8 Å². The molecule has 0 atom stereocenters. The highest BCUT2D eigenvalue weighted by Gasteiger charge is 2.19. The van der Waals surface area contributed by atoms with Crippen molar-refractivity contribution in [1.82, 2.24) is 18.7 Å². The minimum atomic E-state index is -0.351. The van der Waals surface area contributed by atoms with Gasteiger partial charge in [-0.2, -0.15) is 0 Å². The standard InChI is InChI=1S/C12H19N5O2/c1-7(2)17-10-9(15(4)8(3)14-10)11(18)16(6-5-13)12(17)19/h7H,5-6,13H2,1-4H3. The molecule has 0 amide bonds. The molecule has 2 rings (SSSR count). The van der Waals surface area contributed by atoms with Crippen molar-refractivity contribution in [2.45, 2.75) is 33.4 Å². The fourth-order valence-corrected chi connectivity index (χ4v) is 2.23. The number of nitrogens with two attached hydrogens (primary N) is 1. The smallest absolute Gasteiger partial charge is 0.329 e. The van der Waals surface area contributed by atoms with Crippen molar-refractivity contribution in [2.24, 2.45) is 12.8 Å². The molecule has 0 unspecified atom stereocenters. The Kier molecular flexibility index (Phi) is 3.32. The van der Waals surface area contributed by atoms with Crippen LogP contribution in [0.25, 0.3) is 11.2 Å². The molecule has 104 valence electrons. The summed E-state index contributed by atoms with van der Waals surface area (Å²) < 4.78 is 4.44. The van der Waals surface area contributed by atoms with E-state index in [2.05, 4.69) is 4.98 Å². The summed E-state index contributed by atoms with van der Waals surface area (Å²) in [5, 5.41) is 0. The summed E-state index contributed by atoms with van der Waals surface area (Å²) in [7, 11) is 1.77. The van der Waals surface area contributed by atoms with Crippen molar-refractivity contribution in [3.05, 3.63) is 26.7 Å². The number of fused-ring (bicyclic) bond motifs is 1. The van der Waals surface area contributed by atoms with E-state index in [-0.39, 0.29) is 30.4 Å². The summed E-state index contributed by atoms with van der Waals surface area (Å²) >= 11 is 0. The average Bonchev–Trinajstić information content (AvgIpc) is 2.61. The van der Waals surface area contributed by atoms with E-state index in [0.717, 1.165) is 0 Å². The number of aryl methyl sites for hydroxylation is 2. The number of imidazole rings is 1. The van der Waals surface area contributed by atoms with Crippen molar-refractivity contribution in [3.63, 3.8) is 0 Å². The van der Waals surface area contributed by atoms with Gasteiger partial charge in [-0.15, -0.1) is 0 Å². The first-order chi connectivity index (χ1) is 8.90. The van der Waals surface area contributed by atoms with Crippen LogP contribution in [-0.4, -0.2) is 25.2 Å². The van der Waals surface area contributed by atoms with E-state index in [1.165, 1.54) is 4.57 Å². The van der Waals surface area contributed by atoms with Crippen molar-refractivity contribution >= 4 is 11.2 Å². The minimum Gasteiger partial charge on any atom is -0.329 e. The van der Waals surface area contributed by atoms with Crippen molar-refractivity contribution in [1.29, 1.82) is 0 Å². The second kappa shape index (κ2) is 4.65. The van der Waals surface area contributed by atoms with Crippen LogP contribution in [0.4, 0.5) is 0 Å². The number of rotatable bonds is 3. The molecule has 19 heavy (non-hydrogen) atoms. The Bertz CT molecular complexity index is 735. The van der Waals surface area contributed by atoms with Gasteiger partial charge >= 0.3 is 5.69 Å². The first-order valence-corrected chi connectivity index (χ1v) is 6.28. The van der Waals surface area contributed by atoms with Crippen molar-refractivity contribution in [2.75, 3.05) is 6.54 Å². The third kappa shape index (κ3) is 1.90. The van der Waals surface area contributed by atoms with Gasteiger partial charge in [-0.1, -0.05) is 0 Å². The van der Waals surface area contributed by atoms with Crippen molar-refractivity contribution < 1.29 is 0 Å². The maximum Gasteiger partial charge on any atom is 0.333 e. The first-order valence-electron chi connectivity index (χ1n) is 6.28. The van der Waals surface area contributed by atoms with E-state index in [1.54, 1.807) is 16.2 Å². The Balaban J connectivity index is 3.04. The molecule has 0 bridgehead atoms. The fraction of sp³-hybridized carbons (Fsp3) is 0.583. The average molecular weight is 265 g/mol. The summed E-state index contributed by atoms with van der Waals surface area (Å²) in [5.41, 5.74) is 5.69. The second-order valence-corrected chi connectivity index (χ2v) is 4.88. The van der Waals surface area contributed by atoms with Crippen LogP contribution in [0, 0.1) is 6.92 Å². The van der Waals surface area contributed by atoms with Gasteiger partial charge in [-0.3, -0.25) is 13.9 Å². The molecule has 7 nitrogen and oxygen atoms in total. The van der Waals surface area contributed by atoms with Crippen LogP contribution < -0.4 is 17.0 Å². The minimum absolute atomic E-state index is 0.0751. The highest BCUT2D eigenvalue weighted by Crippen LogP contribution is 2.12. The predicted octanol–water partition coefficient (Wildman–Crippen LogP) is -0.255. The third-order valence-corrected chi connectivity index (χ3v) is 3.28. The Morgan fingerprint density at radius 2 is 1.95 bits per heavy atom. The zero-order chi connectivity index (χ0) is 14.3. The summed E-state index contributed by atoms with van der Waals surface area (Å²) in [6.07, 6.45) is 0. The Hall–Kier alpha value is -1.89. The lowest BCUT2D eigenvalue weighted by molar-refractivity contribution is 0.525. The molecular formula is C12H19N5O2. The van der Waals surface area contributed by atoms with Gasteiger partial charge < -0.3 is 10.3 Å². The first kappa shape index (κ1) is 13.5. The van der Waals surface area contributed by atoms with Gasteiger partial charge in [-0.25, -0.2) is 9.78 Å². The molecule has 0 spiro atoms. The Morgan fingerprint density at radius 1 is 1.32 bits per heavy atom. The lowest BCUT2D eigenvalue weighted by Gasteiger charge is -2.13. The van der Waals surface area contributed by atoms with Crippen LogP contribution in [-0.2, 0) is 13.6 Å². The molecule has 2 aromatic heterocycles. The molecule has 0 radical (unpaired) electrons. The van der Waals surface area contributed by atoms with Gasteiger partial charge in [0, 0.05) is 26.2 Å². The van der Waals surface area contributed by atoms with E-state index in [0.29, 0.717) is 17.0 Å². The van der Waals surface area contributed by atoms with Gasteiger partial charge in [-0.05, 0) is 20.8 Å². The van der Waals surface area contributed by atoms with Gasteiger partial charge in [0.05, 0.1) is 0 Å². The zero-order valence-corrected chi connectivity index (χ0v) is 11.7. The Morgan fingerprint density at radius 3 is 2.47 bits per heavy atom. The quantitative estimate of drug-likeness (QED) is 0.828. The maximum atomic E-state index is 12.4. The monoisotopic (exact) mass is 265 g/mol. The van der Waals surface area contributed by atoms with Crippen LogP contribution in [0.2, 0.25) is 0 Å².